The van der Waals surface area contributed by atoms with Crippen LogP contribution in [0.25, 0.3) is 0 Å². The molecule has 0 fully saturated rings. The lowest BCUT2D eigenvalue weighted by atomic mass is 10.1. The first kappa shape index (κ1) is 19.9. The van der Waals surface area contributed by atoms with E-state index in [-0.39, 0.29) is 4.90 Å². The van der Waals surface area contributed by atoms with E-state index in [1.54, 1.807) is 31.4 Å². The molecule has 0 amide bonds. The predicted octanol–water partition coefficient (Wildman–Crippen LogP) is 5.10. The first-order valence-electron chi connectivity index (χ1n) is 8.83. The normalized spacial score (nSPS) is 12.4. The van der Waals surface area contributed by atoms with Gasteiger partial charge in [-0.1, -0.05) is 29.8 Å². The minimum Gasteiger partial charge on any atom is -0.497 e. The second kappa shape index (κ2) is 8.02. The molecule has 0 spiro atoms. The summed E-state index contributed by atoms with van der Waals surface area (Å²) in [5.41, 5.74) is 2.40. The van der Waals surface area contributed by atoms with Gasteiger partial charge in [-0.3, -0.25) is 4.31 Å². The lowest BCUT2D eigenvalue weighted by Gasteiger charge is -2.31. The zero-order valence-corrected chi connectivity index (χ0v) is 16.8. The molecule has 0 saturated carbocycles. The summed E-state index contributed by atoms with van der Waals surface area (Å²) in [6.45, 7) is 3.79. The SMILES string of the molecule is COc1ccc(N([C@@H](C)c2cccc(C)c2)S(=O)(=O)c2ccc(F)cc2)cc1. The first-order valence-corrected chi connectivity index (χ1v) is 10.3. The van der Waals surface area contributed by atoms with Crippen molar-refractivity contribution >= 4 is 15.7 Å². The summed E-state index contributed by atoms with van der Waals surface area (Å²) in [6, 6.07) is 18.9. The Kier molecular flexibility index (Phi) is 5.70. The molecule has 4 nitrogen and oxygen atoms in total. The van der Waals surface area contributed by atoms with Crippen LogP contribution < -0.4 is 9.04 Å². The number of sulfonamides is 1. The Bertz CT molecular complexity index is 1050. The molecular weight excluding hydrogens is 377 g/mol. The van der Waals surface area contributed by atoms with Crippen molar-refractivity contribution in [1.29, 1.82) is 0 Å². The van der Waals surface area contributed by atoms with E-state index in [1.165, 1.54) is 16.4 Å². The molecule has 0 aliphatic carbocycles. The molecule has 3 aromatic carbocycles. The van der Waals surface area contributed by atoms with Crippen LogP contribution in [0.2, 0.25) is 0 Å². The van der Waals surface area contributed by atoms with Crippen molar-refractivity contribution in [3.63, 3.8) is 0 Å². The Morgan fingerprint density at radius 3 is 2.18 bits per heavy atom. The van der Waals surface area contributed by atoms with Crippen molar-refractivity contribution in [3.05, 3.63) is 89.7 Å². The van der Waals surface area contributed by atoms with Crippen molar-refractivity contribution in [3.8, 4) is 5.75 Å². The quantitative estimate of drug-likeness (QED) is 0.579. The van der Waals surface area contributed by atoms with E-state index in [0.29, 0.717) is 11.4 Å². The van der Waals surface area contributed by atoms with E-state index in [0.717, 1.165) is 23.3 Å². The molecule has 0 saturated heterocycles. The van der Waals surface area contributed by atoms with E-state index in [9.17, 15) is 12.8 Å². The summed E-state index contributed by atoms with van der Waals surface area (Å²) in [5, 5.41) is 0. The second-order valence-electron chi connectivity index (χ2n) is 6.54. The highest BCUT2D eigenvalue weighted by Gasteiger charge is 2.30. The number of anilines is 1. The van der Waals surface area contributed by atoms with Gasteiger partial charge in [0.2, 0.25) is 0 Å². The average Bonchev–Trinajstić information content (AvgIpc) is 2.69. The molecule has 6 heteroatoms. The fourth-order valence-corrected chi connectivity index (χ4v) is 4.73. The molecular formula is C22H22FNO3S. The van der Waals surface area contributed by atoms with Gasteiger partial charge in [0.05, 0.1) is 23.7 Å². The average molecular weight is 399 g/mol. The number of nitrogens with zero attached hydrogens (tertiary/aromatic N) is 1. The topological polar surface area (TPSA) is 46.6 Å². The molecule has 0 radical (unpaired) electrons. The largest absolute Gasteiger partial charge is 0.497 e. The second-order valence-corrected chi connectivity index (χ2v) is 8.36. The van der Waals surface area contributed by atoms with Crippen LogP contribution in [0.3, 0.4) is 0 Å². The lowest BCUT2D eigenvalue weighted by Crippen LogP contribution is -2.33. The number of benzene rings is 3. The maximum atomic E-state index is 13.5. The summed E-state index contributed by atoms with van der Waals surface area (Å²) >= 11 is 0. The molecule has 3 aromatic rings. The third kappa shape index (κ3) is 4.02. The van der Waals surface area contributed by atoms with E-state index < -0.39 is 21.9 Å². The number of rotatable bonds is 6. The van der Waals surface area contributed by atoms with Crippen LogP contribution in [0.5, 0.6) is 5.75 Å². The van der Waals surface area contributed by atoms with Crippen LogP contribution >= 0.6 is 0 Å². The number of hydrogen-bond acceptors (Lipinski definition) is 3. The molecule has 0 unspecified atom stereocenters. The van der Waals surface area contributed by atoms with Gasteiger partial charge in [0.1, 0.15) is 11.6 Å². The van der Waals surface area contributed by atoms with Gasteiger partial charge in [0.25, 0.3) is 10.0 Å². The van der Waals surface area contributed by atoms with Gasteiger partial charge >= 0.3 is 0 Å². The fourth-order valence-electron chi connectivity index (χ4n) is 3.09. The molecule has 0 N–H and O–H groups in total. The number of halogens is 1. The summed E-state index contributed by atoms with van der Waals surface area (Å²) in [4.78, 5) is 0.0317. The Hall–Kier alpha value is -2.86. The third-order valence-electron chi connectivity index (χ3n) is 4.57. The number of methoxy groups -OCH3 is 1. The number of ether oxygens (including phenoxy) is 1. The summed E-state index contributed by atoms with van der Waals surface area (Å²) in [7, 11) is -2.37. The van der Waals surface area contributed by atoms with E-state index in [1.807, 2.05) is 38.1 Å². The van der Waals surface area contributed by atoms with Crippen LogP contribution in [0.1, 0.15) is 24.1 Å². The Balaban J connectivity index is 2.14. The molecule has 0 heterocycles. The highest BCUT2D eigenvalue weighted by molar-refractivity contribution is 7.92. The molecule has 1 atom stereocenters. The van der Waals surface area contributed by atoms with E-state index in [4.69, 9.17) is 4.74 Å². The Labute approximate surface area is 165 Å². The summed E-state index contributed by atoms with van der Waals surface area (Å²) in [5.74, 6) is 0.146. The van der Waals surface area contributed by atoms with Gasteiger partial charge in [0.15, 0.2) is 0 Å². The molecule has 0 bridgehead atoms. The molecule has 0 aromatic heterocycles. The minimum atomic E-state index is -3.92. The van der Waals surface area contributed by atoms with Crippen molar-refractivity contribution in [1.82, 2.24) is 0 Å². The van der Waals surface area contributed by atoms with Gasteiger partial charge in [-0.25, -0.2) is 12.8 Å². The zero-order chi connectivity index (χ0) is 20.3. The first-order chi connectivity index (χ1) is 13.3. The van der Waals surface area contributed by atoms with Crippen molar-refractivity contribution in [2.75, 3.05) is 11.4 Å². The number of aryl methyl sites for hydroxylation is 1. The summed E-state index contributed by atoms with van der Waals surface area (Å²) < 4.78 is 46.8. The van der Waals surface area contributed by atoms with Crippen molar-refractivity contribution in [2.24, 2.45) is 0 Å². The predicted molar refractivity (Wildman–Crippen MR) is 109 cm³/mol. The number of hydrogen-bond donors (Lipinski definition) is 0. The zero-order valence-electron chi connectivity index (χ0n) is 16.0. The van der Waals surface area contributed by atoms with Gasteiger partial charge in [0, 0.05) is 0 Å². The molecule has 0 aliphatic rings. The van der Waals surface area contributed by atoms with Gasteiger partial charge in [-0.05, 0) is 67.9 Å². The fraction of sp³-hybridized carbons (Fsp3) is 0.182. The van der Waals surface area contributed by atoms with Crippen molar-refractivity contribution in [2.45, 2.75) is 24.8 Å². The standard InChI is InChI=1S/C22H22FNO3S/c1-16-5-4-6-18(15-16)17(2)24(20-9-11-21(27-3)12-10-20)28(25,26)22-13-7-19(23)8-14-22/h4-15,17H,1-3H3/t17-/m0/s1. The van der Waals surface area contributed by atoms with Crippen LogP contribution in [-0.4, -0.2) is 15.5 Å². The van der Waals surface area contributed by atoms with Gasteiger partial charge in [-0.15, -0.1) is 0 Å². The van der Waals surface area contributed by atoms with Crippen LogP contribution in [0.4, 0.5) is 10.1 Å². The van der Waals surface area contributed by atoms with Gasteiger partial charge in [-0.2, -0.15) is 0 Å². The van der Waals surface area contributed by atoms with Crippen LogP contribution in [0.15, 0.2) is 77.7 Å². The van der Waals surface area contributed by atoms with Gasteiger partial charge < -0.3 is 4.74 Å². The third-order valence-corrected chi connectivity index (χ3v) is 6.49. The Morgan fingerprint density at radius 2 is 1.61 bits per heavy atom. The maximum Gasteiger partial charge on any atom is 0.264 e. The monoisotopic (exact) mass is 399 g/mol. The maximum absolute atomic E-state index is 13.5. The minimum absolute atomic E-state index is 0.0317. The molecule has 28 heavy (non-hydrogen) atoms. The molecule has 0 aliphatic heterocycles. The molecule has 3 rings (SSSR count). The lowest BCUT2D eigenvalue weighted by molar-refractivity contribution is 0.415. The highest BCUT2D eigenvalue weighted by atomic mass is 32.2. The summed E-state index contributed by atoms with van der Waals surface area (Å²) in [6.07, 6.45) is 0. The van der Waals surface area contributed by atoms with Crippen LogP contribution in [-0.2, 0) is 10.0 Å². The van der Waals surface area contributed by atoms with E-state index in [2.05, 4.69) is 0 Å². The Morgan fingerprint density at radius 1 is 0.964 bits per heavy atom. The smallest absolute Gasteiger partial charge is 0.264 e. The van der Waals surface area contributed by atoms with Crippen LogP contribution in [0, 0.1) is 12.7 Å². The van der Waals surface area contributed by atoms with Crippen molar-refractivity contribution < 1.29 is 17.5 Å². The highest BCUT2D eigenvalue weighted by Crippen LogP contribution is 2.34. The molecule has 146 valence electrons. The van der Waals surface area contributed by atoms with E-state index >= 15 is 0 Å².